The molecular formula is C19H20N4O3. The standard InChI is InChI=1S/C19H20N4O3/c1-12(14-7-6-8-15(11-14)23(25)26)22(3)13(2)18-20-17-10-5-4-9-16(17)19(24)21-18/h4-13H,1-3H3,(H,20,21,24)/t12-,13+/m1/s1. The van der Waals surface area contributed by atoms with E-state index in [0.29, 0.717) is 16.7 Å². The smallest absolute Gasteiger partial charge is 0.269 e. The maximum Gasteiger partial charge on any atom is 0.269 e. The molecule has 0 fully saturated rings. The molecule has 0 amide bonds. The first kappa shape index (κ1) is 17.8. The Morgan fingerprint density at radius 3 is 2.58 bits per heavy atom. The fourth-order valence-electron chi connectivity index (χ4n) is 2.96. The van der Waals surface area contributed by atoms with Gasteiger partial charge in [0, 0.05) is 18.2 Å². The number of benzene rings is 2. The van der Waals surface area contributed by atoms with Crippen LogP contribution in [0, 0.1) is 10.1 Å². The molecule has 26 heavy (non-hydrogen) atoms. The molecule has 7 heteroatoms. The molecule has 0 spiro atoms. The fourth-order valence-corrected chi connectivity index (χ4v) is 2.96. The molecule has 2 atom stereocenters. The van der Waals surface area contributed by atoms with E-state index >= 15 is 0 Å². The van der Waals surface area contributed by atoms with Crippen molar-refractivity contribution in [3.8, 4) is 0 Å². The first-order valence-electron chi connectivity index (χ1n) is 8.33. The number of rotatable bonds is 5. The van der Waals surface area contributed by atoms with Gasteiger partial charge >= 0.3 is 0 Å². The highest BCUT2D eigenvalue weighted by atomic mass is 16.6. The Hall–Kier alpha value is -3.06. The van der Waals surface area contributed by atoms with Crippen LogP contribution in [0.2, 0.25) is 0 Å². The molecule has 0 aliphatic carbocycles. The number of nitrogens with one attached hydrogen (secondary N) is 1. The fraction of sp³-hybridized carbons (Fsp3) is 0.263. The summed E-state index contributed by atoms with van der Waals surface area (Å²) >= 11 is 0. The molecule has 1 heterocycles. The van der Waals surface area contributed by atoms with E-state index in [1.54, 1.807) is 24.3 Å². The van der Waals surface area contributed by atoms with Crippen molar-refractivity contribution in [3.05, 3.63) is 80.4 Å². The van der Waals surface area contributed by atoms with E-state index in [0.717, 1.165) is 5.56 Å². The van der Waals surface area contributed by atoms with Crippen LogP contribution in [0.1, 0.15) is 37.3 Å². The number of hydrogen-bond donors (Lipinski definition) is 1. The minimum atomic E-state index is -0.401. The summed E-state index contributed by atoms with van der Waals surface area (Å²) in [5.74, 6) is 0.563. The summed E-state index contributed by atoms with van der Waals surface area (Å²) < 4.78 is 0. The van der Waals surface area contributed by atoms with Gasteiger partial charge in [-0.2, -0.15) is 0 Å². The lowest BCUT2D eigenvalue weighted by atomic mass is 10.0. The van der Waals surface area contributed by atoms with Crippen molar-refractivity contribution < 1.29 is 4.92 Å². The molecule has 1 aromatic heterocycles. The van der Waals surface area contributed by atoms with Gasteiger partial charge in [-0.05, 0) is 38.6 Å². The van der Waals surface area contributed by atoms with E-state index < -0.39 is 4.92 Å². The first-order chi connectivity index (χ1) is 12.4. The maximum atomic E-state index is 12.3. The zero-order valence-corrected chi connectivity index (χ0v) is 14.8. The van der Waals surface area contributed by atoms with E-state index in [4.69, 9.17) is 0 Å². The number of H-pyrrole nitrogens is 1. The molecule has 0 bridgehead atoms. The third-order valence-electron chi connectivity index (χ3n) is 4.81. The summed E-state index contributed by atoms with van der Waals surface area (Å²) in [7, 11) is 1.91. The van der Waals surface area contributed by atoms with Crippen molar-refractivity contribution in [2.45, 2.75) is 25.9 Å². The average Bonchev–Trinajstić information content (AvgIpc) is 2.66. The van der Waals surface area contributed by atoms with Crippen molar-refractivity contribution in [1.29, 1.82) is 0 Å². The largest absolute Gasteiger partial charge is 0.309 e. The van der Waals surface area contributed by atoms with Crippen LogP contribution in [0.5, 0.6) is 0 Å². The number of non-ortho nitro benzene ring substituents is 1. The van der Waals surface area contributed by atoms with Gasteiger partial charge in [-0.1, -0.05) is 24.3 Å². The molecule has 3 rings (SSSR count). The minimum Gasteiger partial charge on any atom is -0.309 e. The topological polar surface area (TPSA) is 92.1 Å². The maximum absolute atomic E-state index is 12.3. The predicted octanol–water partition coefficient (Wildman–Crippen LogP) is 3.59. The Balaban J connectivity index is 1.92. The Bertz CT molecular complexity index is 1010. The zero-order chi connectivity index (χ0) is 18.8. The summed E-state index contributed by atoms with van der Waals surface area (Å²) in [6, 6.07) is 13.5. The first-order valence-corrected chi connectivity index (χ1v) is 8.33. The van der Waals surface area contributed by atoms with Gasteiger partial charge in [0.25, 0.3) is 11.2 Å². The molecule has 0 radical (unpaired) electrons. The molecule has 0 aliphatic rings. The number of nitrogens with zero attached hydrogens (tertiary/aromatic N) is 3. The second-order valence-corrected chi connectivity index (χ2v) is 6.34. The van der Waals surface area contributed by atoms with Gasteiger partial charge in [0.05, 0.1) is 21.9 Å². The van der Waals surface area contributed by atoms with Gasteiger partial charge in [0.2, 0.25) is 0 Å². The van der Waals surface area contributed by atoms with Crippen molar-refractivity contribution in [2.24, 2.45) is 0 Å². The Labute approximate surface area is 150 Å². The van der Waals surface area contributed by atoms with Crippen molar-refractivity contribution in [3.63, 3.8) is 0 Å². The van der Waals surface area contributed by atoms with Crippen LogP contribution in [0.4, 0.5) is 5.69 Å². The van der Waals surface area contributed by atoms with Crippen LogP contribution in [0.15, 0.2) is 53.3 Å². The van der Waals surface area contributed by atoms with Crippen LogP contribution >= 0.6 is 0 Å². The number of aromatic nitrogens is 2. The Kier molecular flexibility index (Phi) is 4.81. The molecule has 1 N–H and O–H groups in total. The van der Waals surface area contributed by atoms with Crippen LogP contribution < -0.4 is 5.56 Å². The van der Waals surface area contributed by atoms with Gasteiger partial charge in [0.1, 0.15) is 5.82 Å². The lowest BCUT2D eigenvalue weighted by Crippen LogP contribution is -2.28. The number of nitro groups is 1. The predicted molar refractivity (Wildman–Crippen MR) is 100 cm³/mol. The average molecular weight is 352 g/mol. The Morgan fingerprint density at radius 1 is 1.12 bits per heavy atom. The second-order valence-electron chi connectivity index (χ2n) is 6.34. The van der Waals surface area contributed by atoms with Crippen molar-refractivity contribution in [1.82, 2.24) is 14.9 Å². The normalized spacial score (nSPS) is 13.7. The molecule has 0 aliphatic heterocycles. The van der Waals surface area contributed by atoms with E-state index in [2.05, 4.69) is 9.97 Å². The molecule has 7 nitrogen and oxygen atoms in total. The minimum absolute atomic E-state index is 0.0626. The van der Waals surface area contributed by atoms with E-state index in [9.17, 15) is 14.9 Å². The van der Waals surface area contributed by atoms with E-state index in [1.807, 2.05) is 44.0 Å². The highest BCUT2D eigenvalue weighted by molar-refractivity contribution is 5.77. The lowest BCUT2D eigenvalue weighted by molar-refractivity contribution is -0.385. The summed E-state index contributed by atoms with van der Waals surface area (Å²) in [6.45, 7) is 3.91. The third-order valence-corrected chi connectivity index (χ3v) is 4.81. The molecule has 0 unspecified atom stereocenters. The third kappa shape index (κ3) is 3.34. The molecule has 134 valence electrons. The van der Waals surface area contributed by atoms with Crippen molar-refractivity contribution in [2.75, 3.05) is 7.05 Å². The van der Waals surface area contributed by atoms with Gasteiger partial charge < -0.3 is 4.98 Å². The highest BCUT2D eigenvalue weighted by Gasteiger charge is 2.22. The van der Waals surface area contributed by atoms with Crippen molar-refractivity contribution >= 4 is 16.6 Å². The summed E-state index contributed by atoms with van der Waals surface area (Å²) in [4.78, 5) is 32.3. The number of fused-ring (bicyclic) bond motifs is 1. The summed E-state index contributed by atoms with van der Waals surface area (Å²) in [5, 5.41) is 11.6. The van der Waals surface area contributed by atoms with Gasteiger partial charge in [0.15, 0.2) is 0 Å². The summed E-state index contributed by atoms with van der Waals surface area (Å²) in [6.07, 6.45) is 0. The molecule has 0 saturated carbocycles. The van der Waals surface area contributed by atoms with E-state index in [1.165, 1.54) is 6.07 Å². The number of hydrogen-bond acceptors (Lipinski definition) is 5. The molecular weight excluding hydrogens is 332 g/mol. The van der Waals surface area contributed by atoms with Gasteiger partial charge in [-0.25, -0.2) is 4.98 Å². The second kappa shape index (κ2) is 7.05. The number of nitro benzene ring substituents is 1. The number of aromatic amines is 1. The van der Waals surface area contributed by atoms with E-state index in [-0.39, 0.29) is 23.3 Å². The highest BCUT2D eigenvalue weighted by Crippen LogP contribution is 2.28. The SMILES string of the molecule is C[C@H](c1cccc([N+](=O)[O-])c1)N(C)[C@@H](C)c1nc2ccccc2c(=O)[nH]1. The molecule has 2 aromatic carbocycles. The lowest BCUT2D eigenvalue weighted by Gasteiger charge is -2.30. The zero-order valence-electron chi connectivity index (χ0n) is 14.8. The van der Waals surface area contributed by atoms with Crippen LogP contribution in [0.25, 0.3) is 10.9 Å². The van der Waals surface area contributed by atoms with Crippen LogP contribution in [-0.2, 0) is 0 Å². The summed E-state index contributed by atoms with van der Waals surface area (Å²) in [5.41, 5.74) is 1.37. The molecule has 0 saturated heterocycles. The molecule has 3 aromatic rings. The number of para-hydroxylation sites is 1. The Morgan fingerprint density at radius 2 is 1.85 bits per heavy atom. The monoisotopic (exact) mass is 352 g/mol. The van der Waals surface area contributed by atoms with Gasteiger partial charge in [-0.3, -0.25) is 19.8 Å². The van der Waals surface area contributed by atoms with Crippen LogP contribution in [-0.4, -0.2) is 26.8 Å². The van der Waals surface area contributed by atoms with Gasteiger partial charge in [-0.15, -0.1) is 0 Å². The van der Waals surface area contributed by atoms with Crippen LogP contribution in [0.3, 0.4) is 0 Å². The quantitative estimate of drug-likeness (QED) is 0.559.